The molecule has 84 valence electrons. The van der Waals surface area contributed by atoms with Gasteiger partial charge in [0.1, 0.15) is 0 Å². The zero-order valence-electron chi connectivity index (χ0n) is 9.68. The number of nitrogens with two attached hydrogens (primary N) is 1. The van der Waals surface area contributed by atoms with Gasteiger partial charge in [-0.1, -0.05) is 20.3 Å². The molecule has 0 bridgehead atoms. The summed E-state index contributed by atoms with van der Waals surface area (Å²) in [5.41, 5.74) is 2.89. The van der Waals surface area contributed by atoms with Crippen molar-refractivity contribution in [3.63, 3.8) is 0 Å². The van der Waals surface area contributed by atoms with Gasteiger partial charge in [0.05, 0.1) is 11.6 Å². The van der Waals surface area contributed by atoms with Gasteiger partial charge >= 0.3 is 0 Å². The highest BCUT2D eigenvalue weighted by Gasteiger charge is 2.40. The van der Waals surface area contributed by atoms with Crippen molar-refractivity contribution >= 4 is 0 Å². The highest BCUT2D eigenvalue weighted by Crippen LogP contribution is 2.32. The standard InChI is InChI=1S/C11H24N2O/c1-4-6-9(2)10(13-12)11(3)7-5-8-14-11/h9-10,13H,4-8,12H2,1-3H3. The third-order valence-corrected chi connectivity index (χ3v) is 3.40. The van der Waals surface area contributed by atoms with Crippen molar-refractivity contribution in [3.05, 3.63) is 0 Å². The number of nitrogens with one attached hydrogen (secondary N) is 1. The second-order valence-corrected chi connectivity index (χ2v) is 4.67. The van der Waals surface area contributed by atoms with Gasteiger partial charge in [-0.15, -0.1) is 0 Å². The quantitative estimate of drug-likeness (QED) is 0.526. The summed E-state index contributed by atoms with van der Waals surface area (Å²) in [5.74, 6) is 6.22. The highest BCUT2D eigenvalue weighted by molar-refractivity contribution is 4.94. The number of rotatable bonds is 5. The molecule has 14 heavy (non-hydrogen) atoms. The predicted molar refractivity (Wildman–Crippen MR) is 58.8 cm³/mol. The topological polar surface area (TPSA) is 47.3 Å². The Morgan fingerprint density at radius 2 is 2.29 bits per heavy atom. The molecule has 0 amide bonds. The molecule has 1 aliphatic heterocycles. The molecular weight excluding hydrogens is 176 g/mol. The summed E-state index contributed by atoms with van der Waals surface area (Å²) in [6.07, 6.45) is 4.69. The van der Waals surface area contributed by atoms with Crippen LogP contribution in [0.25, 0.3) is 0 Å². The van der Waals surface area contributed by atoms with Gasteiger partial charge in [0.2, 0.25) is 0 Å². The molecule has 3 atom stereocenters. The van der Waals surface area contributed by atoms with Crippen LogP contribution in [-0.2, 0) is 4.74 Å². The van der Waals surface area contributed by atoms with Crippen LogP contribution in [0.15, 0.2) is 0 Å². The van der Waals surface area contributed by atoms with Crippen molar-refractivity contribution in [3.8, 4) is 0 Å². The maximum Gasteiger partial charge on any atom is 0.0823 e. The minimum Gasteiger partial charge on any atom is -0.374 e. The van der Waals surface area contributed by atoms with Gasteiger partial charge < -0.3 is 4.74 Å². The number of ether oxygens (including phenoxy) is 1. The Morgan fingerprint density at radius 1 is 1.57 bits per heavy atom. The van der Waals surface area contributed by atoms with Crippen LogP contribution in [0.3, 0.4) is 0 Å². The first-order valence-electron chi connectivity index (χ1n) is 5.74. The fourth-order valence-electron chi connectivity index (χ4n) is 2.61. The number of hydrogen-bond donors (Lipinski definition) is 2. The summed E-state index contributed by atoms with van der Waals surface area (Å²) in [6.45, 7) is 7.52. The van der Waals surface area contributed by atoms with E-state index in [0.717, 1.165) is 19.4 Å². The van der Waals surface area contributed by atoms with Gasteiger partial charge in [-0.25, -0.2) is 0 Å². The van der Waals surface area contributed by atoms with Gasteiger partial charge in [0.25, 0.3) is 0 Å². The zero-order chi connectivity index (χ0) is 10.6. The molecule has 1 fully saturated rings. The smallest absolute Gasteiger partial charge is 0.0823 e. The van der Waals surface area contributed by atoms with Crippen molar-refractivity contribution in [2.75, 3.05) is 6.61 Å². The largest absolute Gasteiger partial charge is 0.374 e. The monoisotopic (exact) mass is 200 g/mol. The second kappa shape index (κ2) is 5.10. The lowest BCUT2D eigenvalue weighted by Gasteiger charge is -2.36. The van der Waals surface area contributed by atoms with Crippen molar-refractivity contribution < 1.29 is 4.74 Å². The summed E-state index contributed by atoms with van der Waals surface area (Å²) in [7, 11) is 0. The van der Waals surface area contributed by atoms with E-state index in [2.05, 4.69) is 26.2 Å². The normalized spacial score (nSPS) is 31.7. The maximum atomic E-state index is 5.82. The minimum atomic E-state index is -0.0522. The second-order valence-electron chi connectivity index (χ2n) is 4.67. The van der Waals surface area contributed by atoms with Crippen LogP contribution in [0.4, 0.5) is 0 Å². The first-order chi connectivity index (χ1) is 6.64. The lowest BCUT2D eigenvalue weighted by atomic mass is 9.83. The Balaban J connectivity index is 2.59. The molecule has 1 aliphatic rings. The van der Waals surface area contributed by atoms with Crippen molar-refractivity contribution in [2.45, 2.75) is 58.1 Å². The Bertz CT molecular complexity index is 167. The molecule has 0 aliphatic carbocycles. The maximum absolute atomic E-state index is 5.82. The molecule has 0 spiro atoms. The summed E-state index contributed by atoms with van der Waals surface area (Å²) in [6, 6.07) is 0.282. The Labute approximate surface area is 87.4 Å². The van der Waals surface area contributed by atoms with Gasteiger partial charge in [0, 0.05) is 6.61 Å². The first-order valence-corrected chi connectivity index (χ1v) is 5.74. The average molecular weight is 200 g/mol. The average Bonchev–Trinajstić information content (AvgIpc) is 2.54. The van der Waals surface area contributed by atoms with E-state index < -0.39 is 0 Å². The lowest BCUT2D eigenvalue weighted by molar-refractivity contribution is -0.0277. The Kier molecular flexibility index (Phi) is 4.35. The zero-order valence-corrected chi connectivity index (χ0v) is 9.68. The van der Waals surface area contributed by atoms with Crippen LogP contribution in [0.5, 0.6) is 0 Å². The third kappa shape index (κ3) is 2.47. The van der Waals surface area contributed by atoms with Crippen LogP contribution in [0.2, 0.25) is 0 Å². The Hall–Kier alpha value is -0.120. The molecule has 1 saturated heterocycles. The molecule has 1 rings (SSSR count). The lowest BCUT2D eigenvalue weighted by Crippen LogP contribution is -2.54. The predicted octanol–water partition coefficient (Wildman–Crippen LogP) is 1.82. The van der Waals surface area contributed by atoms with E-state index in [1.54, 1.807) is 0 Å². The highest BCUT2D eigenvalue weighted by atomic mass is 16.5. The molecule has 1 heterocycles. The molecule has 3 N–H and O–H groups in total. The van der Waals surface area contributed by atoms with Crippen molar-refractivity contribution in [1.29, 1.82) is 0 Å². The molecule has 0 saturated carbocycles. The van der Waals surface area contributed by atoms with Crippen LogP contribution in [0, 0.1) is 5.92 Å². The van der Waals surface area contributed by atoms with E-state index in [1.807, 2.05) is 0 Å². The third-order valence-electron chi connectivity index (χ3n) is 3.40. The van der Waals surface area contributed by atoms with Crippen LogP contribution in [0.1, 0.15) is 46.5 Å². The van der Waals surface area contributed by atoms with E-state index in [1.165, 1.54) is 12.8 Å². The molecule has 0 aromatic carbocycles. The summed E-state index contributed by atoms with van der Waals surface area (Å²) in [5, 5.41) is 0. The Morgan fingerprint density at radius 3 is 2.71 bits per heavy atom. The minimum absolute atomic E-state index is 0.0522. The SMILES string of the molecule is CCCC(C)C(NN)C1(C)CCCO1. The summed E-state index contributed by atoms with van der Waals surface area (Å²) >= 11 is 0. The van der Waals surface area contributed by atoms with Gasteiger partial charge in [-0.05, 0) is 32.1 Å². The van der Waals surface area contributed by atoms with Crippen LogP contribution in [-0.4, -0.2) is 18.2 Å². The number of hydrogen-bond acceptors (Lipinski definition) is 3. The fourth-order valence-corrected chi connectivity index (χ4v) is 2.61. The van der Waals surface area contributed by atoms with Gasteiger partial charge in [-0.3, -0.25) is 11.3 Å². The molecule has 0 radical (unpaired) electrons. The summed E-state index contributed by atoms with van der Waals surface area (Å²) < 4.78 is 5.82. The summed E-state index contributed by atoms with van der Waals surface area (Å²) in [4.78, 5) is 0. The fraction of sp³-hybridized carbons (Fsp3) is 1.00. The van der Waals surface area contributed by atoms with Crippen molar-refractivity contribution in [1.82, 2.24) is 5.43 Å². The van der Waals surface area contributed by atoms with Gasteiger partial charge in [-0.2, -0.15) is 0 Å². The van der Waals surface area contributed by atoms with E-state index in [9.17, 15) is 0 Å². The van der Waals surface area contributed by atoms with E-state index >= 15 is 0 Å². The van der Waals surface area contributed by atoms with Gasteiger partial charge in [0.15, 0.2) is 0 Å². The molecular formula is C11H24N2O. The van der Waals surface area contributed by atoms with E-state index in [0.29, 0.717) is 5.92 Å². The van der Waals surface area contributed by atoms with E-state index in [4.69, 9.17) is 10.6 Å². The van der Waals surface area contributed by atoms with Crippen molar-refractivity contribution in [2.24, 2.45) is 11.8 Å². The molecule has 3 unspecified atom stereocenters. The van der Waals surface area contributed by atoms with Crippen LogP contribution >= 0.6 is 0 Å². The molecule has 0 aromatic heterocycles. The molecule has 0 aromatic rings. The van der Waals surface area contributed by atoms with E-state index in [-0.39, 0.29) is 11.6 Å². The molecule has 3 nitrogen and oxygen atoms in total. The molecule has 3 heteroatoms. The number of hydrazine groups is 1. The van der Waals surface area contributed by atoms with Crippen LogP contribution < -0.4 is 11.3 Å². The first kappa shape index (κ1) is 12.0.